The third kappa shape index (κ3) is 6.07. The number of amides is 1. The van der Waals surface area contributed by atoms with Crippen LogP contribution in [-0.2, 0) is 14.8 Å². The highest BCUT2D eigenvalue weighted by molar-refractivity contribution is 7.89. The summed E-state index contributed by atoms with van der Waals surface area (Å²) < 4.78 is 28.3. The summed E-state index contributed by atoms with van der Waals surface area (Å²) >= 11 is 0. The van der Waals surface area contributed by atoms with Crippen molar-refractivity contribution in [2.24, 2.45) is 5.10 Å². The second-order valence-corrected chi connectivity index (χ2v) is 8.40. The molecule has 7 nitrogen and oxygen atoms in total. The fourth-order valence-corrected chi connectivity index (χ4v) is 3.97. The molecule has 8 heteroatoms. The van der Waals surface area contributed by atoms with Gasteiger partial charge in [-0.25, -0.2) is 18.6 Å². The summed E-state index contributed by atoms with van der Waals surface area (Å²) in [6, 6.07) is 18.3. The molecule has 0 bridgehead atoms. The van der Waals surface area contributed by atoms with Gasteiger partial charge < -0.3 is 0 Å². The number of pyridine rings is 1. The molecule has 0 radical (unpaired) electrons. The molecule has 30 heavy (non-hydrogen) atoms. The van der Waals surface area contributed by atoms with Crippen LogP contribution in [0.5, 0.6) is 0 Å². The first kappa shape index (κ1) is 21.4. The summed E-state index contributed by atoms with van der Waals surface area (Å²) in [6.07, 6.45) is 4.61. The number of benzene rings is 2. The Balaban J connectivity index is 1.73. The van der Waals surface area contributed by atoms with Gasteiger partial charge in [0.2, 0.25) is 15.9 Å². The molecule has 0 fully saturated rings. The van der Waals surface area contributed by atoms with Crippen LogP contribution in [0.3, 0.4) is 0 Å². The van der Waals surface area contributed by atoms with Crippen LogP contribution in [0.1, 0.15) is 29.2 Å². The number of nitrogens with one attached hydrogen (secondary N) is 2. The number of hydrogen-bond acceptors (Lipinski definition) is 5. The predicted molar refractivity (Wildman–Crippen MR) is 115 cm³/mol. The van der Waals surface area contributed by atoms with Crippen molar-refractivity contribution in [2.75, 3.05) is 0 Å². The second-order valence-electron chi connectivity index (χ2n) is 6.68. The van der Waals surface area contributed by atoms with E-state index < -0.39 is 22.0 Å². The smallest absolute Gasteiger partial charge is 0.242 e. The standard InChI is InChI=1S/C22H22N4O3S/c1-17-9-11-20(12-10-17)30(28,29)26-21(19-7-3-2-4-8-19)14-22(27)25-24-16-18-6-5-13-23-15-18/h2-13,15-16,21,26H,14H2,1H3,(H,25,27)/b24-16-/t21-/m0/s1. The van der Waals surface area contributed by atoms with Crippen LogP contribution >= 0.6 is 0 Å². The number of hydrazone groups is 1. The van der Waals surface area contributed by atoms with Gasteiger partial charge in [0.15, 0.2) is 0 Å². The lowest BCUT2D eigenvalue weighted by atomic mass is 10.0. The quantitative estimate of drug-likeness (QED) is 0.430. The largest absolute Gasteiger partial charge is 0.273 e. The Hall–Kier alpha value is -3.36. The average Bonchev–Trinajstić information content (AvgIpc) is 2.75. The van der Waals surface area contributed by atoms with Crippen molar-refractivity contribution in [3.05, 3.63) is 95.8 Å². The van der Waals surface area contributed by atoms with Gasteiger partial charge in [0, 0.05) is 24.4 Å². The van der Waals surface area contributed by atoms with Crippen LogP contribution in [0.15, 0.2) is 89.1 Å². The normalized spacial score (nSPS) is 12.6. The van der Waals surface area contributed by atoms with Crippen molar-refractivity contribution in [3.8, 4) is 0 Å². The highest BCUT2D eigenvalue weighted by atomic mass is 32.2. The van der Waals surface area contributed by atoms with Crippen molar-refractivity contribution in [1.82, 2.24) is 15.1 Å². The average molecular weight is 423 g/mol. The molecule has 2 aromatic carbocycles. The van der Waals surface area contributed by atoms with Gasteiger partial charge in [-0.1, -0.05) is 54.1 Å². The summed E-state index contributed by atoms with van der Waals surface area (Å²) in [5.74, 6) is -0.421. The number of carbonyl (C=O) groups is 1. The Bertz CT molecular complexity index is 1100. The van der Waals surface area contributed by atoms with Crippen LogP contribution in [0.4, 0.5) is 0 Å². The maximum atomic E-state index is 12.8. The number of rotatable bonds is 8. The molecule has 1 amide bonds. The zero-order valence-corrected chi connectivity index (χ0v) is 17.2. The first-order valence-corrected chi connectivity index (χ1v) is 10.8. The summed E-state index contributed by atoms with van der Waals surface area (Å²) in [5.41, 5.74) is 4.80. The number of hydrogen-bond donors (Lipinski definition) is 2. The Labute approximate surface area is 175 Å². The van der Waals surface area contributed by atoms with E-state index in [-0.39, 0.29) is 11.3 Å². The molecule has 2 N–H and O–H groups in total. The molecule has 3 rings (SSSR count). The molecule has 0 spiro atoms. The van der Waals surface area contributed by atoms with Gasteiger partial charge in [-0.2, -0.15) is 5.10 Å². The highest BCUT2D eigenvalue weighted by Gasteiger charge is 2.23. The Morgan fingerprint density at radius 2 is 1.80 bits per heavy atom. The van der Waals surface area contributed by atoms with Gasteiger partial charge in [-0.15, -0.1) is 0 Å². The maximum Gasteiger partial charge on any atom is 0.242 e. The summed E-state index contributed by atoms with van der Waals surface area (Å²) in [7, 11) is -3.81. The van der Waals surface area contributed by atoms with Crippen molar-refractivity contribution < 1.29 is 13.2 Å². The van der Waals surface area contributed by atoms with Crippen molar-refractivity contribution >= 4 is 22.1 Å². The lowest BCUT2D eigenvalue weighted by Gasteiger charge is -2.18. The molecule has 0 aliphatic heterocycles. The first-order chi connectivity index (χ1) is 14.4. The molecule has 0 saturated carbocycles. The lowest BCUT2D eigenvalue weighted by molar-refractivity contribution is -0.121. The van der Waals surface area contributed by atoms with Gasteiger partial charge in [0.25, 0.3) is 0 Å². The maximum absolute atomic E-state index is 12.8. The molecular weight excluding hydrogens is 400 g/mol. The van der Waals surface area contributed by atoms with Crippen LogP contribution in [0.2, 0.25) is 0 Å². The topological polar surface area (TPSA) is 101 Å². The van der Waals surface area contributed by atoms with Gasteiger partial charge in [0.1, 0.15) is 0 Å². The van der Waals surface area contributed by atoms with Crippen LogP contribution in [0.25, 0.3) is 0 Å². The molecule has 0 saturated heterocycles. The van der Waals surface area contributed by atoms with Crippen LogP contribution in [0, 0.1) is 6.92 Å². The van der Waals surface area contributed by atoms with Crippen molar-refractivity contribution in [3.63, 3.8) is 0 Å². The monoisotopic (exact) mass is 422 g/mol. The Kier molecular flexibility index (Phi) is 7.05. The minimum absolute atomic E-state index is 0.112. The third-order valence-corrected chi connectivity index (χ3v) is 5.80. The van der Waals surface area contributed by atoms with E-state index in [0.717, 1.165) is 11.1 Å². The van der Waals surface area contributed by atoms with Gasteiger partial charge in [0.05, 0.1) is 17.2 Å². The molecule has 1 atom stereocenters. The molecule has 3 aromatic rings. The summed E-state index contributed by atoms with van der Waals surface area (Å²) in [5, 5.41) is 3.91. The molecule has 1 heterocycles. The summed E-state index contributed by atoms with van der Waals surface area (Å²) in [6.45, 7) is 1.88. The highest BCUT2D eigenvalue weighted by Crippen LogP contribution is 2.20. The van der Waals surface area contributed by atoms with Gasteiger partial charge >= 0.3 is 0 Å². The Morgan fingerprint density at radius 3 is 2.47 bits per heavy atom. The molecule has 1 aromatic heterocycles. The van der Waals surface area contributed by atoms with E-state index in [1.807, 2.05) is 13.0 Å². The number of aromatic nitrogens is 1. The van der Waals surface area contributed by atoms with Gasteiger partial charge in [-0.05, 0) is 30.7 Å². The van der Waals surface area contributed by atoms with Crippen molar-refractivity contribution in [2.45, 2.75) is 24.3 Å². The van der Waals surface area contributed by atoms with E-state index in [4.69, 9.17) is 0 Å². The predicted octanol–water partition coefficient (Wildman–Crippen LogP) is 2.95. The van der Waals surface area contributed by atoms with E-state index >= 15 is 0 Å². The summed E-state index contributed by atoms with van der Waals surface area (Å²) in [4.78, 5) is 16.5. The van der Waals surface area contributed by atoms with Crippen LogP contribution < -0.4 is 10.1 Å². The Morgan fingerprint density at radius 1 is 1.07 bits per heavy atom. The van der Waals surface area contributed by atoms with E-state index in [2.05, 4.69) is 20.2 Å². The third-order valence-electron chi connectivity index (χ3n) is 4.31. The van der Waals surface area contributed by atoms with Crippen molar-refractivity contribution in [1.29, 1.82) is 0 Å². The number of sulfonamides is 1. The van der Waals surface area contributed by atoms with Crippen LogP contribution in [-0.4, -0.2) is 25.5 Å². The first-order valence-electron chi connectivity index (χ1n) is 9.30. The molecule has 0 unspecified atom stereocenters. The minimum Gasteiger partial charge on any atom is -0.273 e. The molecular formula is C22H22N4O3S. The number of aryl methyl sites for hydroxylation is 1. The zero-order chi connectivity index (χ0) is 21.4. The lowest BCUT2D eigenvalue weighted by Crippen LogP contribution is -2.32. The van der Waals surface area contributed by atoms with E-state index in [1.54, 1.807) is 60.9 Å². The number of carbonyl (C=O) groups excluding carboxylic acids is 1. The second kappa shape index (κ2) is 9.91. The zero-order valence-electron chi connectivity index (χ0n) is 16.4. The molecule has 0 aliphatic rings. The molecule has 154 valence electrons. The fourth-order valence-electron chi connectivity index (χ4n) is 2.75. The molecule has 0 aliphatic carbocycles. The van der Waals surface area contributed by atoms with E-state index in [9.17, 15) is 13.2 Å². The van der Waals surface area contributed by atoms with E-state index in [0.29, 0.717) is 5.56 Å². The fraction of sp³-hybridized carbons (Fsp3) is 0.136. The van der Waals surface area contributed by atoms with E-state index in [1.165, 1.54) is 18.3 Å². The SMILES string of the molecule is Cc1ccc(S(=O)(=O)N[C@@H](CC(=O)N/N=C\c2cccnc2)c2ccccc2)cc1. The number of nitrogens with zero attached hydrogens (tertiary/aromatic N) is 2. The minimum atomic E-state index is -3.81. The van der Waals surface area contributed by atoms with Gasteiger partial charge in [-0.3, -0.25) is 9.78 Å².